The smallest absolute Gasteiger partial charge is 0.162 e. The van der Waals surface area contributed by atoms with Crippen molar-refractivity contribution in [3.8, 4) is 10.8 Å². The van der Waals surface area contributed by atoms with Crippen molar-refractivity contribution in [1.29, 1.82) is 0 Å². The molecule has 0 aromatic carbocycles. The van der Waals surface area contributed by atoms with E-state index < -0.39 is 0 Å². The van der Waals surface area contributed by atoms with Crippen LogP contribution in [0.25, 0.3) is 10.8 Å². The van der Waals surface area contributed by atoms with Gasteiger partial charge in [-0.1, -0.05) is 0 Å². The van der Waals surface area contributed by atoms with Gasteiger partial charge in [0.2, 0.25) is 0 Å². The summed E-state index contributed by atoms with van der Waals surface area (Å²) in [5.74, 6) is 1.67. The van der Waals surface area contributed by atoms with Crippen molar-refractivity contribution in [1.82, 2.24) is 9.97 Å². The van der Waals surface area contributed by atoms with Gasteiger partial charge in [0.05, 0.1) is 25.0 Å². The second-order valence-corrected chi connectivity index (χ2v) is 5.70. The highest BCUT2D eigenvalue weighted by molar-refractivity contribution is 7.14. The maximum absolute atomic E-state index is 9.28. The molecule has 0 fully saturated rings. The van der Waals surface area contributed by atoms with Crippen LogP contribution in [0.3, 0.4) is 0 Å². The van der Waals surface area contributed by atoms with Gasteiger partial charge in [0.25, 0.3) is 0 Å². The van der Waals surface area contributed by atoms with Gasteiger partial charge in [-0.3, -0.25) is 4.98 Å². The molecule has 0 aliphatic heterocycles. The quantitative estimate of drug-likeness (QED) is 0.757. The molecule has 3 aromatic rings. The fraction of sp³-hybridized carbons (Fsp3) is 0.200. The number of hydrogen-bond donors (Lipinski definition) is 2. The summed E-state index contributed by atoms with van der Waals surface area (Å²) >= 11 is 1.58. The first-order valence-electron chi connectivity index (χ1n) is 6.55. The van der Waals surface area contributed by atoms with E-state index in [4.69, 9.17) is 4.42 Å². The van der Waals surface area contributed by atoms with Crippen LogP contribution in [0.15, 0.2) is 41.2 Å². The number of nitrogens with zero attached hydrogens (tertiary/aromatic N) is 2. The van der Waals surface area contributed by atoms with E-state index in [-0.39, 0.29) is 6.61 Å². The summed E-state index contributed by atoms with van der Waals surface area (Å²) < 4.78 is 5.57. The topological polar surface area (TPSA) is 71.2 Å². The Labute approximate surface area is 126 Å². The molecule has 0 atom stereocenters. The van der Waals surface area contributed by atoms with E-state index in [1.54, 1.807) is 29.8 Å². The van der Waals surface area contributed by atoms with E-state index in [1.165, 1.54) is 0 Å². The van der Waals surface area contributed by atoms with Gasteiger partial charge in [-0.15, -0.1) is 11.3 Å². The first-order chi connectivity index (χ1) is 10.3. The van der Waals surface area contributed by atoms with Crippen LogP contribution in [-0.2, 0) is 13.2 Å². The van der Waals surface area contributed by atoms with Crippen molar-refractivity contribution in [2.24, 2.45) is 0 Å². The standard InChI is InChI=1S/C15H15N3O2S/c1-10-2-3-14(20-10)15-18-7-12(21-15)6-17-13-8-16-5-4-11(13)9-19/h2-5,7-8,17,19H,6,9H2,1H3. The number of furan rings is 1. The molecule has 0 aliphatic carbocycles. The number of aliphatic hydroxyl groups excluding tert-OH is 1. The van der Waals surface area contributed by atoms with Crippen molar-refractivity contribution >= 4 is 17.0 Å². The van der Waals surface area contributed by atoms with E-state index in [2.05, 4.69) is 15.3 Å². The second-order valence-electron chi connectivity index (χ2n) is 4.59. The monoisotopic (exact) mass is 301 g/mol. The molecule has 3 aromatic heterocycles. The number of pyridine rings is 1. The van der Waals surface area contributed by atoms with Gasteiger partial charge in [0, 0.05) is 22.8 Å². The van der Waals surface area contributed by atoms with Gasteiger partial charge < -0.3 is 14.8 Å². The maximum Gasteiger partial charge on any atom is 0.162 e. The number of thiazole rings is 1. The number of aliphatic hydroxyl groups is 1. The highest BCUT2D eigenvalue weighted by Crippen LogP contribution is 2.27. The molecular formula is C15H15N3O2S. The number of nitrogens with one attached hydrogen (secondary N) is 1. The molecule has 108 valence electrons. The molecule has 0 radical (unpaired) electrons. The molecule has 5 nitrogen and oxygen atoms in total. The van der Waals surface area contributed by atoms with E-state index in [1.807, 2.05) is 25.3 Å². The predicted octanol–water partition coefficient (Wildman–Crippen LogP) is 3.21. The summed E-state index contributed by atoms with van der Waals surface area (Å²) in [5.41, 5.74) is 1.67. The minimum Gasteiger partial charge on any atom is -0.459 e. The van der Waals surface area contributed by atoms with Crippen LogP contribution < -0.4 is 5.32 Å². The normalized spacial score (nSPS) is 10.8. The Morgan fingerprint density at radius 2 is 2.19 bits per heavy atom. The molecule has 0 saturated carbocycles. The zero-order valence-electron chi connectivity index (χ0n) is 11.5. The number of rotatable bonds is 5. The Hall–Kier alpha value is -2.18. The third-order valence-corrected chi connectivity index (χ3v) is 4.05. The zero-order valence-corrected chi connectivity index (χ0v) is 12.4. The lowest BCUT2D eigenvalue weighted by Crippen LogP contribution is -2.01. The van der Waals surface area contributed by atoms with Crippen LogP contribution >= 0.6 is 11.3 Å². The van der Waals surface area contributed by atoms with E-state index >= 15 is 0 Å². The molecule has 0 aliphatic rings. The molecule has 0 spiro atoms. The van der Waals surface area contributed by atoms with Gasteiger partial charge in [0.1, 0.15) is 5.76 Å². The lowest BCUT2D eigenvalue weighted by molar-refractivity contribution is 0.282. The molecule has 3 heterocycles. The number of aryl methyl sites for hydroxylation is 1. The van der Waals surface area contributed by atoms with Crippen LogP contribution in [0.2, 0.25) is 0 Å². The van der Waals surface area contributed by atoms with Crippen LogP contribution in [-0.4, -0.2) is 15.1 Å². The number of anilines is 1. The SMILES string of the molecule is Cc1ccc(-c2ncc(CNc3cnccc3CO)s2)o1. The van der Waals surface area contributed by atoms with Crippen molar-refractivity contribution in [3.05, 3.63) is 53.0 Å². The van der Waals surface area contributed by atoms with Gasteiger partial charge in [-0.25, -0.2) is 4.98 Å². The second kappa shape index (κ2) is 6.07. The first kappa shape index (κ1) is 13.8. The molecule has 0 saturated heterocycles. The first-order valence-corrected chi connectivity index (χ1v) is 7.37. The molecule has 6 heteroatoms. The van der Waals surface area contributed by atoms with E-state index in [9.17, 15) is 5.11 Å². The minimum absolute atomic E-state index is 0.00946. The average Bonchev–Trinajstić information content (AvgIpc) is 3.14. The third kappa shape index (κ3) is 3.12. The summed E-state index contributed by atoms with van der Waals surface area (Å²) in [4.78, 5) is 9.52. The van der Waals surface area contributed by atoms with Gasteiger partial charge in [-0.05, 0) is 25.1 Å². The number of aromatic nitrogens is 2. The minimum atomic E-state index is -0.00946. The lowest BCUT2D eigenvalue weighted by atomic mass is 10.2. The van der Waals surface area contributed by atoms with E-state index in [0.29, 0.717) is 6.54 Å². The molecule has 0 unspecified atom stereocenters. The largest absolute Gasteiger partial charge is 0.459 e. The van der Waals surface area contributed by atoms with Gasteiger partial charge in [-0.2, -0.15) is 0 Å². The summed E-state index contributed by atoms with van der Waals surface area (Å²) in [7, 11) is 0. The Morgan fingerprint density at radius 1 is 1.29 bits per heavy atom. The molecule has 3 rings (SSSR count). The Kier molecular flexibility index (Phi) is 3.98. The summed E-state index contributed by atoms with van der Waals surface area (Å²) in [5, 5.41) is 13.4. The average molecular weight is 301 g/mol. The van der Waals surface area contributed by atoms with Crippen LogP contribution in [0.5, 0.6) is 0 Å². The molecule has 2 N–H and O–H groups in total. The fourth-order valence-electron chi connectivity index (χ4n) is 1.96. The van der Waals surface area contributed by atoms with Crippen LogP contribution in [0.1, 0.15) is 16.2 Å². The maximum atomic E-state index is 9.28. The molecule has 0 amide bonds. The highest BCUT2D eigenvalue weighted by atomic mass is 32.1. The highest BCUT2D eigenvalue weighted by Gasteiger charge is 2.09. The zero-order chi connectivity index (χ0) is 14.7. The molecule has 21 heavy (non-hydrogen) atoms. The number of hydrogen-bond acceptors (Lipinski definition) is 6. The van der Waals surface area contributed by atoms with Crippen LogP contribution in [0.4, 0.5) is 5.69 Å². The molecular weight excluding hydrogens is 286 g/mol. The summed E-state index contributed by atoms with van der Waals surface area (Å²) in [6, 6.07) is 5.65. The molecule has 0 bridgehead atoms. The Balaban J connectivity index is 1.70. The van der Waals surface area contributed by atoms with Crippen molar-refractivity contribution in [3.63, 3.8) is 0 Å². The Bertz CT molecular complexity index is 736. The summed E-state index contributed by atoms with van der Waals surface area (Å²) in [6.07, 6.45) is 5.21. The predicted molar refractivity (Wildman–Crippen MR) is 82.0 cm³/mol. The van der Waals surface area contributed by atoms with Crippen molar-refractivity contribution < 1.29 is 9.52 Å². The Morgan fingerprint density at radius 3 is 2.95 bits per heavy atom. The summed E-state index contributed by atoms with van der Waals surface area (Å²) in [6.45, 7) is 2.54. The van der Waals surface area contributed by atoms with Crippen molar-refractivity contribution in [2.75, 3.05) is 5.32 Å². The third-order valence-electron chi connectivity index (χ3n) is 3.04. The lowest BCUT2D eigenvalue weighted by Gasteiger charge is -2.08. The van der Waals surface area contributed by atoms with E-state index in [0.717, 1.165) is 32.7 Å². The van der Waals surface area contributed by atoms with Gasteiger partial charge in [0.15, 0.2) is 10.8 Å². The fourth-order valence-corrected chi connectivity index (χ4v) is 2.77. The van der Waals surface area contributed by atoms with Crippen molar-refractivity contribution in [2.45, 2.75) is 20.1 Å². The van der Waals surface area contributed by atoms with Crippen LogP contribution in [0, 0.1) is 6.92 Å². The van der Waals surface area contributed by atoms with Gasteiger partial charge >= 0.3 is 0 Å².